The van der Waals surface area contributed by atoms with Crippen LogP contribution in [0.5, 0.6) is 0 Å². The van der Waals surface area contributed by atoms with Gasteiger partial charge in [0.2, 0.25) is 0 Å². The molecule has 4 rings (SSSR count). The van der Waals surface area contributed by atoms with Crippen LogP contribution in [0, 0.1) is 5.82 Å². The van der Waals surface area contributed by atoms with Crippen LogP contribution in [-0.4, -0.2) is 20.4 Å². The molecule has 0 spiro atoms. The summed E-state index contributed by atoms with van der Waals surface area (Å²) in [6.45, 7) is 0.572. The highest BCUT2D eigenvalue weighted by Gasteiger charge is 2.14. The molecule has 2 aromatic carbocycles. The van der Waals surface area contributed by atoms with Crippen LogP contribution in [0.1, 0.15) is 21.7 Å². The highest BCUT2D eigenvalue weighted by molar-refractivity contribution is 5.93. The van der Waals surface area contributed by atoms with Crippen molar-refractivity contribution in [3.05, 3.63) is 95.8 Å². The molecule has 6 heteroatoms. The van der Waals surface area contributed by atoms with Crippen molar-refractivity contribution < 1.29 is 9.18 Å². The first-order valence-electron chi connectivity index (χ1n) is 8.58. The van der Waals surface area contributed by atoms with Gasteiger partial charge >= 0.3 is 0 Å². The summed E-state index contributed by atoms with van der Waals surface area (Å²) in [6, 6.07) is 17.7. The van der Waals surface area contributed by atoms with Crippen LogP contribution in [0.2, 0.25) is 0 Å². The first kappa shape index (κ1) is 16.9. The molecule has 0 radical (unpaired) electrons. The highest BCUT2D eigenvalue weighted by Crippen LogP contribution is 2.19. The lowest BCUT2D eigenvalue weighted by Crippen LogP contribution is -2.25. The second-order valence-electron chi connectivity index (χ2n) is 6.12. The van der Waals surface area contributed by atoms with Gasteiger partial charge in [-0.05, 0) is 30.3 Å². The number of nitrogens with zero attached hydrogens (tertiary/aromatic N) is 3. The van der Waals surface area contributed by atoms with Crippen LogP contribution in [0.3, 0.4) is 0 Å². The van der Waals surface area contributed by atoms with Gasteiger partial charge in [0, 0.05) is 18.0 Å². The molecule has 0 saturated heterocycles. The summed E-state index contributed by atoms with van der Waals surface area (Å²) >= 11 is 0. The molecule has 0 atom stereocenters. The molecule has 0 saturated carbocycles. The Morgan fingerprint density at radius 3 is 2.67 bits per heavy atom. The smallest absolute Gasteiger partial charge is 0.253 e. The van der Waals surface area contributed by atoms with Crippen molar-refractivity contribution in [2.45, 2.75) is 13.1 Å². The Balaban J connectivity index is 1.64. The number of rotatable bonds is 5. The minimum absolute atomic E-state index is 0.229. The maximum absolute atomic E-state index is 14.1. The number of benzene rings is 2. The number of aromatic nitrogens is 3. The quantitative estimate of drug-likeness (QED) is 0.592. The van der Waals surface area contributed by atoms with Crippen LogP contribution in [-0.2, 0) is 13.1 Å². The van der Waals surface area contributed by atoms with Gasteiger partial charge in [-0.25, -0.2) is 9.37 Å². The van der Waals surface area contributed by atoms with Gasteiger partial charge in [0.15, 0.2) is 0 Å². The van der Waals surface area contributed by atoms with E-state index in [2.05, 4.69) is 15.3 Å². The molecule has 134 valence electrons. The van der Waals surface area contributed by atoms with Gasteiger partial charge in [0.1, 0.15) is 11.6 Å². The summed E-state index contributed by atoms with van der Waals surface area (Å²) in [7, 11) is 0. The molecule has 0 aliphatic heterocycles. The molecule has 0 bridgehead atoms. The fraction of sp³-hybridized carbons (Fsp3) is 0.0952. The van der Waals surface area contributed by atoms with E-state index in [0.29, 0.717) is 23.5 Å². The molecule has 0 aliphatic carbocycles. The number of halogens is 1. The number of carbonyl (C=O) groups excluding carboxylic acids is 1. The number of fused-ring (bicyclic) bond motifs is 1. The highest BCUT2D eigenvalue weighted by atomic mass is 19.1. The first-order valence-corrected chi connectivity index (χ1v) is 8.58. The molecular weight excluding hydrogens is 343 g/mol. The number of hydrogen-bond donors (Lipinski definition) is 1. The number of carbonyl (C=O) groups is 1. The first-order chi connectivity index (χ1) is 13.2. The maximum Gasteiger partial charge on any atom is 0.253 e. The zero-order chi connectivity index (χ0) is 18.6. The second kappa shape index (κ2) is 7.37. The van der Waals surface area contributed by atoms with Crippen LogP contribution in [0.25, 0.3) is 11.0 Å². The summed E-state index contributed by atoms with van der Waals surface area (Å²) < 4.78 is 16.1. The van der Waals surface area contributed by atoms with Gasteiger partial charge in [0.25, 0.3) is 5.91 Å². The topological polar surface area (TPSA) is 59.8 Å². The molecule has 5 nitrogen and oxygen atoms in total. The average molecular weight is 360 g/mol. The summed E-state index contributed by atoms with van der Waals surface area (Å²) in [5, 5.41) is 2.86. The van der Waals surface area contributed by atoms with Crippen LogP contribution < -0.4 is 5.32 Å². The van der Waals surface area contributed by atoms with Crippen molar-refractivity contribution in [2.24, 2.45) is 0 Å². The summed E-state index contributed by atoms with van der Waals surface area (Å²) in [6.07, 6.45) is 3.13. The monoisotopic (exact) mass is 360 g/mol. The van der Waals surface area contributed by atoms with Crippen LogP contribution in [0.4, 0.5) is 4.39 Å². The van der Waals surface area contributed by atoms with Gasteiger partial charge in [-0.2, -0.15) is 0 Å². The zero-order valence-corrected chi connectivity index (χ0v) is 14.5. The third-order valence-corrected chi connectivity index (χ3v) is 4.35. The SMILES string of the molecule is O=C(NCc1nc2ccccc2n1Cc1ccccc1F)c1cccnc1. The molecule has 1 N–H and O–H groups in total. The normalized spacial score (nSPS) is 10.9. The lowest BCUT2D eigenvalue weighted by atomic mass is 10.2. The number of nitrogens with one attached hydrogen (secondary N) is 1. The predicted octanol–water partition coefficient (Wildman–Crippen LogP) is 3.55. The van der Waals surface area contributed by atoms with Crippen molar-refractivity contribution in [1.29, 1.82) is 0 Å². The number of para-hydroxylation sites is 2. The Bertz CT molecular complexity index is 1090. The summed E-state index contributed by atoms with van der Waals surface area (Å²) in [5.74, 6) is 0.171. The average Bonchev–Trinajstić information content (AvgIpc) is 3.06. The van der Waals surface area contributed by atoms with Gasteiger partial charge < -0.3 is 9.88 Å². The molecule has 0 aliphatic rings. The van der Waals surface area contributed by atoms with E-state index in [1.54, 1.807) is 36.5 Å². The van der Waals surface area contributed by atoms with E-state index < -0.39 is 0 Å². The number of pyridine rings is 1. The van der Waals surface area contributed by atoms with Crippen LogP contribution >= 0.6 is 0 Å². The molecule has 27 heavy (non-hydrogen) atoms. The van der Waals surface area contributed by atoms with Gasteiger partial charge in [0.05, 0.1) is 29.7 Å². The Morgan fingerprint density at radius 1 is 1.04 bits per heavy atom. The van der Waals surface area contributed by atoms with Crippen molar-refractivity contribution in [1.82, 2.24) is 19.9 Å². The standard InChI is InChI=1S/C21H17FN4O/c22-17-8-2-1-6-16(17)14-26-19-10-4-3-9-18(19)25-20(26)13-24-21(27)15-7-5-11-23-12-15/h1-12H,13-14H2,(H,24,27). The fourth-order valence-electron chi connectivity index (χ4n) is 2.99. The third-order valence-electron chi connectivity index (χ3n) is 4.35. The minimum Gasteiger partial charge on any atom is -0.345 e. The van der Waals surface area contributed by atoms with E-state index in [1.807, 2.05) is 28.8 Å². The van der Waals surface area contributed by atoms with E-state index in [-0.39, 0.29) is 18.3 Å². The summed E-state index contributed by atoms with van der Waals surface area (Å²) in [4.78, 5) is 20.9. The van der Waals surface area contributed by atoms with Gasteiger partial charge in [-0.3, -0.25) is 9.78 Å². The fourth-order valence-corrected chi connectivity index (χ4v) is 2.99. The number of amides is 1. The maximum atomic E-state index is 14.1. The van der Waals surface area contributed by atoms with E-state index in [4.69, 9.17) is 0 Å². The van der Waals surface area contributed by atoms with Crippen molar-refractivity contribution in [3.8, 4) is 0 Å². The second-order valence-corrected chi connectivity index (χ2v) is 6.12. The minimum atomic E-state index is -0.263. The Kier molecular flexibility index (Phi) is 4.61. The lowest BCUT2D eigenvalue weighted by Gasteiger charge is -2.11. The lowest BCUT2D eigenvalue weighted by molar-refractivity contribution is 0.0949. The van der Waals surface area contributed by atoms with Crippen molar-refractivity contribution in [2.75, 3.05) is 0 Å². The Labute approximate surface area is 155 Å². The molecule has 1 amide bonds. The molecule has 2 heterocycles. The van der Waals surface area contributed by atoms with Crippen LogP contribution in [0.15, 0.2) is 73.1 Å². The molecule has 2 aromatic heterocycles. The largest absolute Gasteiger partial charge is 0.345 e. The van der Waals surface area contributed by atoms with Crippen molar-refractivity contribution in [3.63, 3.8) is 0 Å². The number of hydrogen-bond acceptors (Lipinski definition) is 3. The van der Waals surface area contributed by atoms with E-state index in [9.17, 15) is 9.18 Å². The Morgan fingerprint density at radius 2 is 1.85 bits per heavy atom. The van der Waals surface area contributed by atoms with E-state index in [0.717, 1.165) is 11.0 Å². The molecule has 4 aromatic rings. The Hall–Kier alpha value is -3.54. The number of imidazole rings is 1. The molecular formula is C21H17FN4O. The predicted molar refractivity (Wildman–Crippen MR) is 101 cm³/mol. The van der Waals surface area contributed by atoms with E-state index in [1.165, 1.54) is 12.3 Å². The zero-order valence-electron chi connectivity index (χ0n) is 14.5. The molecule has 0 unspecified atom stereocenters. The van der Waals surface area contributed by atoms with Crippen molar-refractivity contribution >= 4 is 16.9 Å². The third kappa shape index (κ3) is 3.55. The summed E-state index contributed by atoms with van der Waals surface area (Å²) in [5.41, 5.74) is 2.75. The van der Waals surface area contributed by atoms with E-state index >= 15 is 0 Å². The molecule has 0 fully saturated rings. The van der Waals surface area contributed by atoms with Gasteiger partial charge in [-0.1, -0.05) is 30.3 Å². The van der Waals surface area contributed by atoms with Gasteiger partial charge in [-0.15, -0.1) is 0 Å².